The number of likely N-dealkylation sites (tertiary alicyclic amines) is 1. The van der Waals surface area contributed by atoms with E-state index in [4.69, 9.17) is 4.74 Å². The summed E-state index contributed by atoms with van der Waals surface area (Å²) in [6.45, 7) is 7.63. The van der Waals surface area contributed by atoms with Gasteiger partial charge in [-0.25, -0.2) is 9.78 Å². The van der Waals surface area contributed by atoms with Crippen molar-refractivity contribution in [1.29, 1.82) is 0 Å². The Morgan fingerprint density at radius 3 is 2.72 bits per heavy atom. The predicted octanol–water partition coefficient (Wildman–Crippen LogP) is 3.40. The summed E-state index contributed by atoms with van der Waals surface area (Å²) in [5.41, 5.74) is 2.57. The van der Waals surface area contributed by atoms with Crippen LogP contribution in [0.25, 0.3) is 11.0 Å². The van der Waals surface area contributed by atoms with E-state index in [-0.39, 0.29) is 5.97 Å². The minimum absolute atomic E-state index is 0.236. The van der Waals surface area contributed by atoms with Crippen molar-refractivity contribution >= 4 is 17.0 Å². The number of aromatic nitrogens is 2. The van der Waals surface area contributed by atoms with Gasteiger partial charge in [0.15, 0.2) is 0 Å². The highest BCUT2D eigenvalue weighted by Crippen LogP contribution is 2.32. The molecule has 0 amide bonds. The Labute approximate surface area is 149 Å². The largest absolute Gasteiger partial charge is 0.462 e. The van der Waals surface area contributed by atoms with Gasteiger partial charge in [-0.05, 0) is 70.7 Å². The molecule has 2 aliphatic rings. The molecule has 1 aliphatic carbocycles. The van der Waals surface area contributed by atoms with E-state index in [1.807, 2.05) is 32.2 Å². The lowest BCUT2D eigenvalue weighted by atomic mass is 9.96. The quantitative estimate of drug-likeness (QED) is 0.782. The minimum atomic E-state index is -0.236. The molecule has 3 heterocycles. The van der Waals surface area contributed by atoms with Crippen LogP contribution in [0.15, 0.2) is 18.3 Å². The Balaban J connectivity index is 1.58. The average Bonchev–Trinajstić information content (AvgIpc) is 3.42. The molecular weight excluding hydrogens is 314 g/mol. The Bertz CT molecular complexity index is 771. The highest BCUT2D eigenvalue weighted by Gasteiger charge is 2.32. The Morgan fingerprint density at radius 2 is 2.04 bits per heavy atom. The number of fused-ring (bicyclic) bond motifs is 1. The van der Waals surface area contributed by atoms with Crippen LogP contribution in [0.5, 0.6) is 0 Å². The van der Waals surface area contributed by atoms with Crippen molar-refractivity contribution in [2.75, 3.05) is 19.7 Å². The summed E-state index contributed by atoms with van der Waals surface area (Å²) in [6, 6.07) is 4.74. The first kappa shape index (κ1) is 16.6. The molecule has 0 aromatic carbocycles. The number of esters is 1. The molecule has 0 bridgehead atoms. The van der Waals surface area contributed by atoms with Gasteiger partial charge in [-0.2, -0.15) is 0 Å². The zero-order chi connectivity index (χ0) is 17.4. The summed E-state index contributed by atoms with van der Waals surface area (Å²) in [4.78, 5) is 19.7. The first-order valence-electron chi connectivity index (χ1n) is 9.54. The second kappa shape index (κ2) is 6.79. The Hall–Kier alpha value is -1.88. The predicted molar refractivity (Wildman–Crippen MR) is 97.7 cm³/mol. The molecule has 1 saturated heterocycles. The molecule has 0 N–H and O–H groups in total. The SMILES string of the molecule is CCOC(=O)c1c(C)n(CC2CCN(C3CC3)CC2)c2ncccc12. The van der Waals surface area contributed by atoms with Gasteiger partial charge in [0.25, 0.3) is 0 Å². The smallest absolute Gasteiger partial charge is 0.340 e. The third-order valence-corrected chi connectivity index (χ3v) is 5.71. The van der Waals surface area contributed by atoms with Crippen LogP contribution in [-0.4, -0.2) is 46.2 Å². The number of ether oxygens (including phenoxy) is 1. The molecule has 1 saturated carbocycles. The van der Waals surface area contributed by atoms with E-state index in [2.05, 4.69) is 14.5 Å². The van der Waals surface area contributed by atoms with Crippen LogP contribution >= 0.6 is 0 Å². The third kappa shape index (κ3) is 3.17. The van der Waals surface area contributed by atoms with Crippen LogP contribution in [-0.2, 0) is 11.3 Å². The van der Waals surface area contributed by atoms with Gasteiger partial charge in [-0.1, -0.05) is 0 Å². The first-order chi connectivity index (χ1) is 12.2. The number of carbonyl (C=O) groups excluding carboxylic acids is 1. The van der Waals surface area contributed by atoms with Gasteiger partial charge in [-0.3, -0.25) is 0 Å². The maximum Gasteiger partial charge on any atom is 0.340 e. The molecule has 5 heteroatoms. The number of piperidine rings is 1. The van der Waals surface area contributed by atoms with Crippen molar-refractivity contribution in [2.24, 2.45) is 5.92 Å². The van der Waals surface area contributed by atoms with Crippen LogP contribution in [0.4, 0.5) is 0 Å². The standard InChI is InChI=1S/C20H27N3O2/c1-3-25-20(24)18-14(2)23(19-17(18)5-4-10-21-19)13-15-8-11-22(12-9-15)16-6-7-16/h4-5,10,15-16H,3,6-9,11-13H2,1-2H3. The number of hydrogen-bond acceptors (Lipinski definition) is 4. The zero-order valence-electron chi connectivity index (χ0n) is 15.2. The highest BCUT2D eigenvalue weighted by atomic mass is 16.5. The lowest BCUT2D eigenvalue weighted by molar-refractivity contribution is 0.0527. The van der Waals surface area contributed by atoms with E-state index in [0.717, 1.165) is 29.3 Å². The Morgan fingerprint density at radius 1 is 1.28 bits per heavy atom. The molecule has 0 atom stereocenters. The van der Waals surface area contributed by atoms with Crippen molar-refractivity contribution in [2.45, 2.75) is 52.1 Å². The minimum Gasteiger partial charge on any atom is -0.462 e. The van der Waals surface area contributed by atoms with Gasteiger partial charge in [-0.15, -0.1) is 0 Å². The van der Waals surface area contributed by atoms with Crippen LogP contribution in [0.1, 0.15) is 48.7 Å². The lowest BCUT2D eigenvalue weighted by Gasteiger charge is -2.32. The van der Waals surface area contributed by atoms with Crippen LogP contribution in [0.3, 0.4) is 0 Å². The molecular formula is C20H27N3O2. The molecule has 2 fully saturated rings. The number of rotatable bonds is 5. The zero-order valence-corrected chi connectivity index (χ0v) is 15.2. The summed E-state index contributed by atoms with van der Waals surface area (Å²) in [7, 11) is 0. The number of pyridine rings is 1. The Kier molecular flexibility index (Phi) is 4.50. The van der Waals surface area contributed by atoms with Crippen molar-refractivity contribution < 1.29 is 9.53 Å². The van der Waals surface area contributed by atoms with Crippen LogP contribution in [0, 0.1) is 12.8 Å². The fraction of sp³-hybridized carbons (Fsp3) is 0.600. The lowest BCUT2D eigenvalue weighted by Crippen LogP contribution is -2.36. The van der Waals surface area contributed by atoms with Crippen LogP contribution in [0.2, 0.25) is 0 Å². The van der Waals surface area contributed by atoms with Gasteiger partial charge in [0.2, 0.25) is 0 Å². The van der Waals surface area contributed by atoms with Crippen LogP contribution < -0.4 is 0 Å². The van der Waals surface area contributed by atoms with Gasteiger partial charge < -0.3 is 14.2 Å². The molecule has 1 aliphatic heterocycles. The maximum atomic E-state index is 12.4. The fourth-order valence-corrected chi connectivity index (χ4v) is 4.18. The normalized spacial score (nSPS) is 19.4. The van der Waals surface area contributed by atoms with Crippen molar-refractivity contribution in [3.05, 3.63) is 29.6 Å². The molecule has 0 unspecified atom stereocenters. The van der Waals surface area contributed by atoms with E-state index >= 15 is 0 Å². The van der Waals surface area contributed by atoms with E-state index in [1.54, 1.807) is 0 Å². The molecule has 0 radical (unpaired) electrons. The third-order valence-electron chi connectivity index (χ3n) is 5.71. The van der Waals surface area contributed by atoms with Gasteiger partial charge in [0.1, 0.15) is 5.65 Å². The summed E-state index contributed by atoms with van der Waals surface area (Å²) < 4.78 is 7.52. The van der Waals surface area contributed by atoms with Crippen molar-refractivity contribution in [1.82, 2.24) is 14.5 Å². The molecule has 2 aromatic heterocycles. The summed E-state index contributed by atoms with van der Waals surface area (Å²) in [5, 5.41) is 0.911. The van der Waals surface area contributed by atoms with Gasteiger partial charge in [0, 0.05) is 29.9 Å². The maximum absolute atomic E-state index is 12.4. The average molecular weight is 341 g/mol. The summed E-state index contributed by atoms with van der Waals surface area (Å²) in [6.07, 6.45) is 7.05. The molecule has 5 nitrogen and oxygen atoms in total. The second-order valence-electron chi connectivity index (χ2n) is 7.38. The first-order valence-corrected chi connectivity index (χ1v) is 9.54. The topological polar surface area (TPSA) is 47.4 Å². The van der Waals surface area contributed by atoms with Crippen molar-refractivity contribution in [3.63, 3.8) is 0 Å². The number of nitrogens with zero attached hydrogens (tertiary/aromatic N) is 3. The summed E-state index contributed by atoms with van der Waals surface area (Å²) >= 11 is 0. The molecule has 0 spiro atoms. The van der Waals surface area contributed by atoms with E-state index in [0.29, 0.717) is 18.1 Å². The molecule has 2 aromatic rings. The number of hydrogen-bond donors (Lipinski definition) is 0. The van der Waals surface area contributed by atoms with Gasteiger partial charge >= 0.3 is 5.97 Å². The van der Waals surface area contributed by atoms with Crippen molar-refractivity contribution in [3.8, 4) is 0 Å². The number of carbonyl (C=O) groups is 1. The molecule has 134 valence electrons. The highest BCUT2D eigenvalue weighted by molar-refractivity contribution is 6.04. The molecule has 25 heavy (non-hydrogen) atoms. The second-order valence-corrected chi connectivity index (χ2v) is 7.38. The van der Waals surface area contributed by atoms with E-state index < -0.39 is 0 Å². The van der Waals surface area contributed by atoms with E-state index in [1.165, 1.54) is 38.8 Å². The fourth-order valence-electron chi connectivity index (χ4n) is 4.18. The van der Waals surface area contributed by atoms with Gasteiger partial charge in [0.05, 0.1) is 12.2 Å². The summed E-state index contributed by atoms with van der Waals surface area (Å²) in [5.74, 6) is 0.418. The monoisotopic (exact) mass is 341 g/mol. The molecule has 4 rings (SSSR count). The van der Waals surface area contributed by atoms with E-state index in [9.17, 15) is 4.79 Å².